The molecule has 0 bridgehead atoms. The number of hydrogen-bond acceptors (Lipinski definition) is 2. The van der Waals surface area contributed by atoms with Crippen LogP contribution in [0.3, 0.4) is 0 Å². The van der Waals surface area contributed by atoms with Crippen molar-refractivity contribution in [3.63, 3.8) is 0 Å². The smallest absolute Gasteiger partial charge is 0.252 e. The third-order valence-corrected chi connectivity index (χ3v) is 26.5. The molecule has 2 aromatic heterocycles. The summed E-state index contributed by atoms with van der Waals surface area (Å²) in [5.41, 5.74) is 37.4. The number of anilines is 6. The van der Waals surface area contributed by atoms with E-state index in [-0.39, 0.29) is 44.6 Å². The summed E-state index contributed by atoms with van der Waals surface area (Å²) in [4.78, 5) is 5.30. The van der Waals surface area contributed by atoms with Crippen LogP contribution in [0.5, 0.6) is 0 Å². The van der Waals surface area contributed by atoms with Crippen molar-refractivity contribution >= 4 is 101 Å². The molecule has 4 heterocycles. The summed E-state index contributed by atoms with van der Waals surface area (Å²) in [6.07, 6.45) is 4.70. The van der Waals surface area contributed by atoms with E-state index >= 15 is 0 Å². The Morgan fingerprint density at radius 1 is 0.270 bits per heavy atom. The molecular weight excluding hydrogens is 1340 g/mol. The maximum Gasteiger partial charge on any atom is 0.252 e. The van der Waals surface area contributed by atoms with Gasteiger partial charge in [-0.05, 0) is 260 Å². The predicted octanol–water partition coefficient (Wildman–Crippen LogP) is 27.2. The number of fused-ring (bicyclic) bond motifs is 12. The van der Waals surface area contributed by atoms with E-state index in [0.29, 0.717) is 0 Å². The topological polar surface area (TPSA) is 16.3 Å². The summed E-state index contributed by atoms with van der Waals surface area (Å²) in [6.45, 7) is 40.5. The first-order valence-electron chi connectivity index (χ1n) is 40.7. The van der Waals surface area contributed by atoms with Gasteiger partial charge >= 0.3 is 0 Å². The van der Waals surface area contributed by atoms with Crippen molar-refractivity contribution in [1.29, 1.82) is 0 Å². The summed E-state index contributed by atoms with van der Waals surface area (Å²) in [5, 5.41) is 4.99. The highest BCUT2D eigenvalue weighted by atomic mass is 15.2. The molecule has 0 N–H and O–H groups in total. The molecule has 15 aromatic rings. The van der Waals surface area contributed by atoms with E-state index in [9.17, 15) is 0 Å². The first-order valence-corrected chi connectivity index (χ1v) is 40.7. The second kappa shape index (κ2) is 24.8. The Morgan fingerprint density at radius 2 is 0.685 bits per heavy atom. The Balaban J connectivity index is 0.909. The van der Waals surface area contributed by atoms with Crippen LogP contribution in [-0.4, -0.2) is 15.8 Å². The van der Waals surface area contributed by atoms with Crippen LogP contribution in [0.1, 0.15) is 182 Å². The van der Waals surface area contributed by atoms with Crippen LogP contribution in [0.15, 0.2) is 267 Å². The second-order valence-corrected chi connectivity index (χ2v) is 38.7. The lowest BCUT2D eigenvalue weighted by molar-refractivity contribution is 0.332. The third kappa shape index (κ3) is 11.4. The van der Waals surface area contributed by atoms with Crippen LogP contribution in [-0.2, 0) is 37.9 Å². The van der Waals surface area contributed by atoms with E-state index in [1.807, 2.05) is 0 Å². The van der Waals surface area contributed by atoms with Crippen LogP contribution >= 0.6 is 0 Å². The second-order valence-electron chi connectivity index (χ2n) is 38.7. The fourth-order valence-corrected chi connectivity index (χ4v) is 19.8. The molecule has 0 saturated carbocycles. The molecule has 2 aliphatic carbocycles. The predicted molar refractivity (Wildman–Crippen MR) is 478 cm³/mol. The highest BCUT2D eigenvalue weighted by Crippen LogP contribution is 2.53. The summed E-state index contributed by atoms with van der Waals surface area (Å²) in [5.74, 6) is 0. The maximum absolute atomic E-state index is 2.66. The van der Waals surface area contributed by atoms with Crippen LogP contribution in [0.4, 0.5) is 34.1 Å². The molecule has 13 aromatic carbocycles. The Labute approximate surface area is 658 Å². The van der Waals surface area contributed by atoms with Crippen molar-refractivity contribution in [2.75, 3.05) is 9.80 Å². The number of para-hydroxylation sites is 1. The van der Waals surface area contributed by atoms with Crippen LogP contribution in [0, 0.1) is 0 Å². The Bertz CT molecular complexity index is 6250. The lowest BCUT2D eigenvalue weighted by Crippen LogP contribution is -2.61. The van der Waals surface area contributed by atoms with Gasteiger partial charge in [0.15, 0.2) is 0 Å². The van der Waals surface area contributed by atoms with Gasteiger partial charge in [-0.3, -0.25) is 0 Å². The number of benzene rings is 13. The van der Waals surface area contributed by atoms with Gasteiger partial charge in [-0.1, -0.05) is 288 Å². The molecule has 5 heteroatoms. The Kier molecular flexibility index (Phi) is 15.8. The Hall–Kier alpha value is -10.9. The van der Waals surface area contributed by atoms with Crippen molar-refractivity contribution < 1.29 is 0 Å². The summed E-state index contributed by atoms with van der Waals surface area (Å²) < 4.78 is 5.13. The molecular formula is C106H103BN4. The van der Waals surface area contributed by atoms with Gasteiger partial charge in [0, 0.05) is 61.4 Å². The molecule has 0 atom stereocenters. The van der Waals surface area contributed by atoms with Crippen molar-refractivity contribution in [3.8, 4) is 55.9 Å². The van der Waals surface area contributed by atoms with Crippen molar-refractivity contribution in [3.05, 3.63) is 306 Å². The fraction of sp³-hybridized carbons (Fsp3) is 0.264. The van der Waals surface area contributed by atoms with E-state index in [0.717, 1.165) is 46.2 Å². The van der Waals surface area contributed by atoms with Crippen LogP contribution in [0.25, 0.3) is 99.5 Å². The van der Waals surface area contributed by atoms with Gasteiger partial charge in [0.05, 0.1) is 27.8 Å². The van der Waals surface area contributed by atoms with Gasteiger partial charge in [-0.15, -0.1) is 0 Å². The largest absolute Gasteiger partial charge is 0.311 e. The molecule has 19 rings (SSSR count). The van der Waals surface area contributed by atoms with Gasteiger partial charge in [0.25, 0.3) is 6.71 Å². The fourth-order valence-electron chi connectivity index (χ4n) is 19.8. The highest BCUT2D eigenvalue weighted by molar-refractivity contribution is 7.00. The van der Waals surface area contributed by atoms with Gasteiger partial charge in [-0.2, -0.15) is 0 Å². The molecule has 111 heavy (non-hydrogen) atoms. The average molecular weight is 1440 g/mol. The normalized spacial score (nSPS) is 16.1. The minimum Gasteiger partial charge on any atom is -0.311 e. The minimum atomic E-state index is -0.199. The molecule has 0 amide bonds. The molecule has 4 nitrogen and oxygen atoms in total. The van der Waals surface area contributed by atoms with Gasteiger partial charge in [0.2, 0.25) is 0 Å². The summed E-state index contributed by atoms with van der Waals surface area (Å²) in [7, 11) is 0. The quantitative estimate of drug-likeness (QED) is 0.141. The number of aromatic nitrogens is 2. The van der Waals surface area contributed by atoms with E-state index < -0.39 is 0 Å². The highest BCUT2D eigenvalue weighted by Gasteiger charge is 2.46. The van der Waals surface area contributed by atoms with Gasteiger partial charge in [0.1, 0.15) is 0 Å². The van der Waals surface area contributed by atoms with E-state index in [2.05, 4.69) is 404 Å². The molecule has 4 aliphatic rings. The standard InChI is InChI=1S/C106H103BN4/c1-100(2,3)73-39-51-93-82(61-73)83-62-74(101(4,5)6)40-52-94(83)111(93)78-64-97-99-98(65-78)109(76-43-33-68(34-44-76)71-36-47-86-88(59-71)106(16,17)56-54-104(86,12)13)96-63-77(110-91-30-24-22-28-80(91)81-57-69(37-49-92(81)110)66-25-19-18-20-26-66)45-48-89(96)107(99)90-60-72(79-27-21-23-29-84(79)102(7,8)9)38-50-95(90)108(97)75-41-31-67(32-42-75)70-35-46-85-87(58-70)105(14,15)55-53-103(85,10)11/h18-52,57-65H,53-56H2,1-17H3. The zero-order chi connectivity index (χ0) is 77.0. The van der Waals surface area contributed by atoms with Crippen LogP contribution in [0.2, 0.25) is 0 Å². The maximum atomic E-state index is 2.66. The molecule has 0 saturated heterocycles. The zero-order valence-corrected chi connectivity index (χ0v) is 68.1. The summed E-state index contributed by atoms with van der Waals surface area (Å²) >= 11 is 0. The molecule has 0 radical (unpaired) electrons. The molecule has 0 fully saturated rings. The lowest BCUT2D eigenvalue weighted by Gasteiger charge is -2.45. The molecule has 0 unspecified atom stereocenters. The Morgan fingerprint density at radius 3 is 1.23 bits per heavy atom. The van der Waals surface area contributed by atoms with E-state index in [1.165, 1.54) is 168 Å². The van der Waals surface area contributed by atoms with Crippen molar-refractivity contribution in [2.24, 2.45) is 0 Å². The number of hydrogen-bond donors (Lipinski definition) is 0. The van der Waals surface area contributed by atoms with E-state index in [4.69, 9.17) is 0 Å². The first kappa shape index (κ1) is 70.5. The molecule has 550 valence electrons. The van der Waals surface area contributed by atoms with Gasteiger partial charge in [-0.25, -0.2) is 0 Å². The lowest BCUT2D eigenvalue weighted by atomic mass is 9.33. The summed E-state index contributed by atoms with van der Waals surface area (Å²) in [6, 6.07) is 105. The number of rotatable bonds is 8. The average Bonchev–Trinajstić information content (AvgIpc) is 1.29. The van der Waals surface area contributed by atoms with E-state index in [1.54, 1.807) is 0 Å². The molecule has 2 aliphatic heterocycles. The molecule has 0 spiro atoms. The van der Waals surface area contributed by atoms with Gasteiger partial charge < -0.3 is 18.9 Å². The third-order valence-electron chi connectivity index (χ3n) is 26.5. The zero-order valence-electron chi connectivity index (χ0n) is 68.1. The van der Waals surface area contributed by atoms with Crippen LogP contribution < -0.4 is 26.2 Å². The van der Waals surface area contributed by atoms with Crippen molar-refractivity contribution in [1.82, 2.24) is 9.13 Å². The first-order chi connectivity index (χ1) is 52.9. The number of nitrogens with zero attached hydrogens (tertiary/aromatic N) is 4. The minimum absolute atomic E-state index is 0.0686. The SMILES string of the molecule is CC(C)(C)c1ccc2c(c1)c1cc(C(C)(C)C)ccc1n2-c1cc2c3c(c1)N(c1ccc(-c4ccc5c(c4)C(C)(C)CCC5(C)C)cc1)c1cc(-n4c5ccccc5c5cc(-c6ccccc6)ccc54)ccc1B3c1cc(-c3ccccc3C(C)(C)C)ccc1N2c1ccc(-c2ccc3c(c2)C(C)(C)CCC3(C)C)cc1. The monoisotopic (exact) mass is 1440 g/mol. The van der Waals surface area contributed by atoms with Crippen molar-refractivity contribution in [2.45, 2.75) is 181 Å².